The summed E-state index contributed by atoms with van der Waals surface area (Å²) in [5, 5.41) is 10.5. The minimum atomic E-state index is -0.667. The second kappa shape index (κ2) is 7.56. The van der Waals surface area contributed by atoms with Crippen LogP contribution in [0.25, 0.3) is 0 Å². The predicted octanol–water partition coefficient (Wildman–Crippen LogP) is 5.62. The molecule has 1 nitrogen and oxygen atoms in total. The van der Waals surface area contributed by atoms with Crippen LogP contribution in [0.3, 0.4) is 0 Å². The summed E-state index contributed by atoms with van der Waals surface area (Å²) in [4.78, 5) is 0. The fraction of sp³-hybridized carbons (Fsp3) is 0.647. The molecule has 1 atom stereocenters. The number of unbranched alkanes of at least 4 members (excludes halogenated alkanes) is 1. The molecule has 1 aliphatic carbocycles. The molecule has 20 heavy (non-hydrogen) atoms. The summed E-state index contributed by atoms with van der Waals surface area (Å²) in [6.45, 7) is 2.23. The van der Waals surface area contributed by atoms with Crippen molar-refractivity contribution in [2.45, 2.75) is 58.0 Å². The van der Waals surface area contributed by atoms with E-state index in [2.05, 4.69) is 22.9 Å². The summed E-state index contributed by atoms with van der Waals surface area (Å²) < 4.78 is 14.5. The van der Waals surface area contributed by atoms with Crippen LogP contribution < -0.4 is 0 Å². The van der Waals surface area contributed by atoms with E-state index in [9.17, 15) is 9.50 Å². The summed E-state index contributed by atoms with van der Waals surface area (Å²) in [6, 6.07) is 5.17. The fourth-order valence-corrected chi connectivity index (χ4v) is 3.67. The Kier molecular flexibility index (Phi) is 6.03. The first-order chi connectivity index (χ1) is 9.63. The number of hydrogen-bond acceptors (Lipinski definition) is 1. The third-order valence-electron chi connectivity index (χ3n) is 4.60. The lowest BCUT2D eigenvalue weighted by molar-refractivity contribution is 0.0691. The van der Waals surface area contributed by atoms with Gasteiger partial charge in [-0.05, 0) is 46.7 Å². The van der Waals surface area contributed by atoms with Crippen LogP contribution in [0.15, 0.2) is 22.7 Å². The Labute approximate surface area is 129 Å². The van der Waals surface area contributed by atoms with E-state index in [1.54, 1.807) is 18.2 Å². The molecule has 112 valence electrons. The highest BCUT2D eigenvalue weighted by Crippen LogP contribution is 2.39. The average Bonchev–Trinajstić information content (AvgIpc) is 2.48. The normalized spacial score (nSPS) is 24.6. The van der Waals surface area contributed by atoms with Gasteiger partial charge in [0.05, 0.1) is 10.6 Å². The summed E-state index contributed by atoms with van der Waals surface area (Å²) in [7, 11) is 0. The second-order valence-corrected chi connectivity index (χ2v) is 6.87. The zero-order valence-corrected chi connectivity index (χ0v) is 13.7. The van der Waals surface area contributed by atoms with Crippen LogP contribution in [-0.4, -0.2) is 5.11 Å². The first-order valence-electron chi connectivity index (χ1n) is 7.75. The third kappa shape index (κ3) is 3.82. The van der Waals surface area contributed by atoms with E-state index in [-0.39, 0.29) is 11.7 Å². The van der Waals surface area contributed by atoms with Crippen LogP contribution in [0.1, 0.15) is 63.5 Å². The Morgan fingerprint density at radius 2 is 2.00 bits per heavy atom. The maximum Gasteiger partial charge on any atom is 0.143 e. The predicted molar refractivity (Wildman–Crippen MR) is 84.0 cm³/mol. The molecular weight excluding hydrogens is 319 g/mol. The van der Waals surface area contributed by atoms with Crippen molar-refractivity contribution in [3.05, 3.63) is 34.1 Å². The second-order valence-electron chi connectivity index (χ2n) is 6.01. The molecule has 1 aromatic rings. The van der Waals surface area contributed by atoms with Gasteiger partial charge in [-0.3, -0.25) is 0 Å². The summed E-state index contributed by atoms with van der Waals surface area (Å²) in [6.07, 6.45) is 7.59. The van der Waals surface area contributed by atoms with Gasteiger partial charge in [0, 0.05) is 5.56 Å². The van der Waals surface area contributed by atoms with Gasteiger partial charge in [0.25, 0.3) is 0 Å². The largest absolute Gasteiger partial charge is 0.388 e. The van der Waals surface area contributed by atoms with Crippen molar-refractivity contribution >= 4 is 15.9 Å². The molecule has 0 saturated heterocycles. The molecule has 1 fully saturated rings. The highest BCUT2D eigenvalue weighted by Gasteiger charge is 2.28. The molecule has 1 saturated carbocycles. The first-order valence-corrected chi connectivity index (χ1v) is 8.54. The van der Waals surface area contributed by atoms with Crippen LogP contribution in [0.4, 0.5) is 4.39 Å². The van der Waals surface area contributed by atoms with Gasteiger partial charge in [0.15, 0.2) is 0 Å². The van der Waals surface area contributed by atoms with Crippen LogP contribution in [0, 0.1) is 17.7 Å². The van der Waals surface area contributed by atoms with E-state index in [0.29, 0.717) is 10.0 Å². The minimum Gasteiger partial charge on any atom is -0.388 e. The SMILES string of the molecule is CCCCC1CCC(C(O)c2cccc(Br)c2F)CC1. The number of hydrogen-bond donors (Lipinski definition) is 1. The van der Waals surface area contributed by atoms with Gasteiger partial charge in [-0.25, -0.2) is 4.39 Å². The van der Waals surface area contributed by atoms with Crippen LogP contribution in [0.2, 0.25) is 0 Å². The summed E-state index contributed by atoms with van der Waals surface area (Å²) in [5.74, 6) is 0.704. The van der Waals surface area contributed by atoms with Gasteiger partial charge < -0.3 is 5.11 Å². The number of aliphatic hydroxyl groups excluding tert-OH is 1. The molecule has 0 aromatic heterocycles. The highest BCUT2D eigenvalue weighted by atomic mass is 79.9. The minimum absolute atomic E-state index is 0.205. The van der Waals surface area contributed by atoms with Gasteiger partial charge >= 0.3 is 0 Å². The molecule has 0 bridgehead atoms. The van der Waals surface area contributed by atoms with Gasteiger partial charge in [-0.2, -0.15) is 0 Å². The zero-order chi connectivity index (χ0) is 14.5. The van der Waals surface area contributed by atoms with E-state index < -0.39 is 6.10 Å². The molecule has 3 heteroatoms. The van der Waals surface area contributed by atoms with Crippen molar-refractivity contribution in [3.63, 3.8) is 0 Å². The Morgan fingerprint density at radius 3 is 2.65 bits per heavy atom. The fourth-order valence-electron chi connectivity index (χ4n) is 3.29. The van der Waals surface area contributed by atoms with E-state index in [0.717, 1.165) is 18.8 Å². The number of benzene rings is 1. The molecule has 0 amide bonds. The van der Waals surface area contributed by atoms with E-state index in [1.165, 1.54) is 32.1 Å². The van der Waals surface area contributed by atoms with Crippen molar-refractivity contribution in [2.24, 2.45) is 11.8 Å². The Balaban J connectivity index is 1.94. The maximum atomic E-state index is 14.0. The molecule has 0 spiro atoms. The van der Waals surface area contributed by atoms with Crippen LogP contribution in [-0.2, 0) is 0 Å². The lowest BCUT2D eigenvalue weighted by Crippen LogP contribution is -2.21. The molecule has 1 unspecified atom stereocenters. The standard InChI is InChI=1S/C17H24BrFO/c1-2-3-5-12-8-10-13(11-9-12)17(20)14-6-4-7-15(18)16(14)19/h4,6-7,12-13,17,20H,2-3,5,8-11H2,1H3. The Bertz CT molecular complexity index is 427. The summed E-state index contributed by atoms with van der Waals surface area (Å²) >= 11 is 3.19. The Morgan fingerprint density at radius 1 is 1.30 bits per heavy atom. The van der Waals surface area contributed by atoms with Crippen molar-refractivity contribution in [3.8, 4) is 0 Å². The maximum absolute atomic E-state index is 14.0. The van der Waals surface area contributed by atoms with E-state index in [4.69, 9.17) is 0 Å². The third-order valence-corrected chi connectivity index (χ3v) is 5.22. The summed E-state index contributed by atoms with van der Waals surface area (Å²) in [5.41, 5.74) is 0.441. The molecular formula is C17H24BrFO. The molecule has 0 heterocycles. The molecule has 2 rings (SSSR count). The quantitative estimate of drug-likeness (QED) is 0.736. The van der Waals surface area contributed by atoms with Crippen molar-refractivity contribution in [2.75, 3.05) is 0 Å². The zero-order valence-electron chi connectivity index (χ0n) is 12.1. The van der Waals surface area contributed by atoms with Gasteiger partial charge in [0.2, 0.25) is 0 Å². The van der Waals surface area contributed by atoms with Crippen LogP contribution in [0.5, 0.6) is 0 Å². The Hall–Kier alpha value is -0.410. The average molecular weight is 343 g/mol. The number of rotatable bonds is 5. The smallest absolute Gasteiger partial charge is 0.143 e. The van der Waals surface area contributed by atoms with E-state index in [1.807, 2.05) is 0 Å². The highest BCUT2D eigenvalue weighted by molar-refractivity contribution is 9.10. The van der Waals surface area contributed by atoms with Crippen molar-refractivity contribution in [1.29, 1.82) is 0 Å². The topological polar surface area (TPSA) is 20.2 Å². The molecule has 0 aliphatic heterocycles. The lowest BCUT2D eigenvalue weighted by Gasteiger charge is -2.32. The van der Waals surface area contributed by atoms with Gasteiger partial charge in [-0.1, -0.05) is 51.2 Å². The van der Waals surface area contributed by atoms with Crippen LogP contribution >= 0.6 is 15.9 Å². The number of aliphatic hydroxyl groups is 1. The van der Waals surface area contributed by atoms with E-state index >= 15 is 0 Å². The molecule has 1 N–H and O–H groups in total. The first kappa shape index (κ1) is 16.0. The van der Waals surface area contributed by atoms with Gasteiger partial charge in [-0.15, -0.1) is 0 Å². The van der Waals surface area contributed by atoms with Gasteiger partial charge in [0.1, 0.15) is 5.82 Å². The molecule has 1 aromatic carbocycles. The number of halogens is 2. The molecule has 1 aliphatic rings. The monoisotopic (exact) mass is 342 g/mol. The van der Waals surface area contributed by atoms with Crippen molar-refractivity contribution in [1.82, 2.24) is 0 Å². The van der Waals surface area contributed by atoms with Crippen molar-refractivity contribution < 1.29 is 9.50 Å². The molecule has 0 radical (unpaired) electrons. The lowest BCUT2D eigenvalue weighted by atomic mass is 9.76.